The number of halogens is 3. The maximum atomic E-state index is 14.7. The Labute approximate surface area is 184 Å². The number of aliphatic imine (C=N–C) groups is 1. The second-order valence-electron chi connectivity index (χ2n) is 7.03. The van der Waals surface area contributed by atoms with Crippen molar-refractivity contribution in [2.45, 2.75) is 18.4 Å². The fourth-order valence-electron chi connectivity index (χ4n) is 3.40. The molecular formula is C20H20BrF2N5OS. The third-order valence-corrected chi connectivity index (χ3v) is 7.45. The number of hydrogen-bond donors (Lipinski definition) is 1. The molecule has 2 atom stereocenters. The third-order valence-electron chi connectivity index (χ3n) is 4.92. The average molecular weight is 496 g/mol. The summed E-state index contributed by atoms with van der Waals surface area (Å²) in [6.45, 7) is 0.318. The molecule has 0 saturated heterocycles. The molecule has 1 N–H and O–H groups in total. The fraction of sp³-hybridized carbons (Fsp3) is 0.350. The van der Waals surface area contributed by atoms with Crippen LogP contribution in [0.1, 0.15) is 28.9 Å². The summed E-state index contributed by atoms with van der Waals surface area (Å²) in [7, 11) is -0.757. The van der Waals surface area contributed by atoms with E-state index in [1.165, 1.54) is 12.1 Å². The molecule has 0 spiro atoms. The van der Waals surface area contributed by atoms with Crippen LogP contribution in [0.3, 0.4) is 0 Å². The minimum absolute atomic E-state index is 0.0857. The molecule has 2 aromatic rings. The number of nitrogens with zero attached hydrogens (tertiary/aromatic N) is 4. The Hall–Kier alpha value is -2.20. The van der Waals surface area contributed by atoms with Crippen molar-refractivity contribution in [2.75, 3.05) is 25.5 Å². The summed E-state index contributed by atoms with van der Waals surface area (Å²) in [4.78, 5) is 21.5. The molecular weight excluding hydrogens is 476 g/mol. The highest BCUT2D eigenvalue weighted by molar-refractivity contribution is 9.10. The summed E-state index contributed by atoms with van der Waals surface area (Å²) < 4.78 is 36.2. The number of carbonyl (C=O) groups is 1. The molecule has 0 aliphatic carbocycles. The van der Waals surface area contributed by atoms with Crippen LogP contribution in [0.2, 0.25) is 0 Å². The minimum atomic E-state index is -1.55. The summed E-state index contributed by atoms with van der Waals surface area (Å²) in [5, 5.41) is 2.81. The molecule has 10 heteroatoms. The van der Waals surface area contributed by atoms with Crippen molar-refractivity contribution in [3.05, 3.63) is 64.1 Å². The second kappa shape index (κ2) is 8.89. The van der Waals surface area contributed by atoms with Gasteiger partial charge >= 0.3 is 0 Å². The topological polar surface area (TPSA) is 70.0 Å². The van der Waals surface area contributed by atoms with E-state index < -0.39 is 28.9 Å². The van der Waals surface area contributed by atoms with Gasteiger partial charge < -0.3 is 0 Å². The number of pyridine rings is 1. The summed E-state index contributed by atoms with van der Waals surface area (Å²) in [5.74, 6) is -0.614. The Bertz CT molecular complexity index is 1020. The Morgan fingerprint density at radius 1 is 1.23 bits per heavy atom. The monoisotopic (exact) mass is 495 g/mol. The predicted molar refractivity (Wildman–Crippen MR) is 116 cm³/mol. The van der Waals surface area contributed by atoms with Crippen LogP contribution < -0.4 is 5.32 Å². The van der Waals surface area contributed by atoms with Gasteiger partial charge in [-0.3, -0.25) is 14.4 Å². The number of fused-ring (bicyclic) bond motifs is 1. The van der Waals surface area contributed by atoms with E-state index >= 15 is 0 Å². The molecule has 2 aliphatic rings. The highest BCUT2D eigenvalue weighted by atomic mass is 79.9. The Morgan fingerprint density at radius 2 is 2.03 bits per heavy atom. The molecule has 0 bridgehead atoms. The number of carbonyl (C=O) groups excluding carboxylic acids is 1. The number of hydrogen-bond acceptors (Lipinski definition) is 5. The van der Waals surface area contributed by atoms with Gasteiger partial charge in [0, 0.05) is 18.7 Å². The molecule has 0 fully saturated rings. The number of amides is 1. The maximum Gasteiger partial charge on any atom is 0.257 e. The lowest BCUT2D eigenvalue weighted by molar-refractivity contribution is 0.0973. The summed E-state index contributed by atoms with van der Waals surface area (Å²) in [6.07, 6.45) is 1.77. The van der Waals surface area contributed by atoms with E-state index in [2.05, 4.69) is 35.6 Å². The van der Waals surface area contributed by atoms with E-state index in [1.807, 2.05) is 10.4 Å². The average Bonchev–Trinajstić information content (AvgIpc) is 3.01. The van der Waals surface area contributed by atoms with Crippen LogP contribution in [-0.2, 0) is 16.4 Å². The number of nitrogens with one attached hydrogen (secondary N) is 1. The maximum absolute atomic E-state index is 14.7. The first kappa shape index (κ1) is 21.0. The van der Waals surface area contributed by atoms with Crippen LogP contribution in [0, 0.1) is 5.82 Å². The Kier molecular flexibility index (Phi) is 6.24. The van der Waals surface area contributed by atoms with Crippen molar-refractivity contribution in [1.82, 2.24) is 14.6 Å². The molecule has 158 valence electrons. The van der Waals surface area contributed by atoms with Crippen LogP contribution in [0.5, 0.6) is 0 Å². The summed E-state index contributed by atoms with van der Waals surface area (Å²) in [5.41, 5.74) is -1.19. The molecule has 6 nitrogen and oxygen atoms in total. The lowest BCUT2D eigenvalue weighted by Gasteiger charge is -2.39. The van der Waals surface area contributed by atoms with Gasteiger partial charge in [0.2, 0.25) is 5.96 Å². The fourth-order valence-corrected chi connectivity index (χ4v) is 5.76. The highest BCUT2D eigenvalue weighted by Gasteiger charge is 2.44. The van der Waals surface area contributed by atoms with Gasteiger partial charge in [-0.15, -0.1) is 0 Å². The van der Waals surface area contributed by atoms with Crippen molar-refractivity contribution in [1.29, 1.82) is 0 Å². The number of rotatable bonds is 3. The van der Waals surface area contributed by atoms with Crippen molar-refractivity contribution < 1.29 is 13.6 Å². The van der Waals surface area contributed by atoms with Gasteiger partial charge in [0.15, 0.2) is 0 Å². The normalized spacial score (nSPS) is 23.6. The van der Waals surface area contributed by atoms with Crippen molar-refractivity contribution >= 4 is 38.7 Å². The molecule has 0 radical (unpaired) electrons. The van der Waals surface area contributed by atoms with Crippen LogP contribution in [0.15, 0.2) is 56.4 Å². The standard InChI is InChI=1S/C20H20BrF2N5OS/c21-16-9-8-15(23)17(25-16)20(12-22)13-30-24-10-4-5-11-28(30)19(27-20)26-18(29)14-6-2-1-3-7-14/h1-3,6-9H,4-5,10-13H2,(H,26,27,29)/t20-,30?/m0/s1. The first-order chi connectivity index (χ1) is 14.5. The number of aromatic nitrogens is 1. The predicted octanol–water partition coefficient (Wildman–Crippen LogP) is 3.76. The van der Waals surface area contributed by atoms with Crippen molar-refractivity contribution in [2.24, 2.45) is 9.36 Å². The van der Waals surface area contributed by atoms with Gasteiger partial charge in [-0.2, -0.15) is 0 Å². The Balaban J connectivity index is 1.80. The number of alkyl halides is 1. The van der Waals surface area contributed by atoms with Gasteiger partial charge in [0.25, 0.3) is 5.91 Å². The largest absolute Gasteiger partial charge is 0.292 e. The number of guanidine groups is 1. The van der Waals surface area contributed by atoms with E-state index in [-0.39, 0.29) is 23.3 Å². The SMILES string of the molecule is O=C(NC1=N[C@](CF)(c2nc(Br)ccc2F)CS2=NCCCCN12)c1ccccc1. The van der Waals surface area contributed by atoms with Crippen LogP contribution in [0.4, 0.5) is 8.78 Å². The molecule has 2 aliphatic heterocycles. The zero-order chi connectivity index (χ0) is 21.1. The van der Waals surface area contributed by atoms with Gasteiger partial charge in [-0.25, -0.2) is 23.1 Å². The molecule has 0 saturated carbocycles. The quantitative estimate of drug-likeness (QED) is 0.659. The van der Waals surface area contributed by atoms with Crippen LogP contribution >= 0.6 is 15.9 Å². The minimum Gasteiger partial charge on any atom is -0.292 e. The molecule has 30 heavy (non-hydrogen) atoms. The molecule has 1 aromatic heterocycles. The molecule has 3 heterocycles. The molecule has 1 unspecified atom stereocenters. The van der Waals surface area contributed by atoms with Gasteiger partial charge in [0.05, 0.1) is 5.75 Å². The molecule has 4 rings (SSSR count). The van der Waals surface area contributed by atoms with Crippen LogP contribution in [-0.4, -0.2) is 46.7 Å². The number of benzene rings is 1. The first-order valence-corrected chi connectivity index (χ1v) is 11.6. The highest BCUT2D eigenvalue weighted by Crippen LogP contribution is 2.34. The van der Waals surface area contributed by atoms with E-state index in [1.54, 1.807) is 24.3 Å². The molecule has 1 aromatic carbocycles. The van der Waals surface area contributed by atoms with E-state index in [0.29, 0.717) is 23.3 Å². The zero-order valence-electron chi connectivity index (χ0n) is 16.0. The lowest BCUT2D eigenvalue weighted by Crippen LogP contribution is -2.54. The lowest BCUT2D eigenvalue weighted by atomic mass is 9.99. The van der Waals surface area contributed by atoms with Crippen molar-refractivity contribution in [3.8, 4) is 0 Å². The second-order valence-corrected chi connectivity index (χ2v) is 9.51. The first-order valence-electron chi connectivity index (χ1n) is 9.53. The van der Waals surface area contributed by atoms with Gasteiger partial charge in [-0.1, -0.05) is 18.2 Å². The van der Waals surface area contributed by atoms with E-state index in [4.69, 9.17) is 0 Å². The Morgan fingerprint density at radius 3 is 2.80 bits per heavy atom. The smallest absolute Gasteiger partial charge is 0.257 e. The summed E-state index contributed by atoms with van der Waals surface area (Å²) >= 11 is 3.23. The third kappa shape index (κ3) is 4.15. The molecule has 1 amide bonds. The van der Waals surface area contributed by atoms with Gasteiger partial charge in [0.1, 0.15) is 28.3 Å². The van der Waals surface area contributed by atoms with E-state index in [9.17, 15) is 13.6 Å². The van der Waals surface area contributed by atoms with Crippen LogP contribution in [0.25, 0.3) is 0 Å². The van der Waals surface area contributed by atoms with Crippen molar-refractivity contribution in [3.63, 3.8) is 0 Å². The van der Waals surface area contributed by atoms with Gasteiger partial charge in [-0.05, 0) is 63.9 Å². The van der Waals surface area contributed by atoms with E-state index in [0.717, 1.165) is 12.8 Å². The zero-order valence-corrected chi connectivity index (χ0v) is 18.4. The summed E-state index contributed by atoms with van der Waals surface area (Å²) in [6, 6.07) is 11.4.